The summed E-state index contributed by atoms with van der Waals surface area (Å²) < 4.78 is 4.52. The number of nitrogens with zero attached hydrogens (tertiary/aromatic N) is 1. The predicted molar refractivity (Wildman–Crippen MR) is 77.6 cm³/mol. The molecule has 0 aliphatic rings. The molecule has 1 aromatic carbocycles. The molecule has 0 aliphatic carbocycles. The van der Waals surface area contributed by atoms with E-state index in [-0.39, 0.29) is 25.0 Å². The van der Waals surface area contributed by atoms with Crippen LogP contribution in [0.5, 0.6) is 0 Å². The Hall–Kier alpha value is -2.48. The van der Waals surface area contributed by atoms with Gasteiger partial charge in [-0.3, -0.25) is 15.6 Å². The number of amides is 1. The second-order valence-corrected chi connectivity index (χ2v) is 3.38. The molecule has 1 amide bonds. The molecule has 1 aromatic rings. The molecule has 0 unspecified atom stereocenters. The Balaban J connectivity index is 0.00000361. The Morgan fingerprint density at radius 2 is 1.85 bits per heavy atom. The van der Waals surface area contributed by atoms with Gasteiger partial charge in [0.15, 0.2) is 5.96 Å². The van der Waals surface area contributed by atoms with E-state index in [0.29, 0.717) is 11.4 Å². The fourth-order valence-corrected chi connectivity index (χ4v) is 1.14. The number of esters is 1. The lowest BCUT2D eigenvalue weighted by Crippen LogP contribution is -2.36. The van der Waals surface area contributed by atoms with Gasteiger partial charge in [0.2, 0.25) is 0 Å². The van der Waals surface area contributed by atoms with Gasteiger partial charge in [0.1, 0.15) is 0 Å². The van der Waals surface area contributed by atoms with Gasteiger partial charge in [0.05, 0.1) is 18.0 Å². The smallest absolute Gasteiger partial charge is 0.398 e. The molecule has 20 heavy (non-hydrogen) atoms. The number of nitrogens with two attached hydrogens (primary N) is 2. The Kier molecular flexibility index (Phi) is 7.53. The van der Waals surface area contributed by atoms with Crippen LogP contribution < -0.4 is 22.3 Å². The fourth-order valence-electron chi connectivity index (χ4n) is 1.14. The number of carbonyl (C=O) groups excluding carboxylic acids is 2. The Labute approximate surface area is 121 Å². The maximum Gasteiger partial charge on any atom is 0.398 e. The average Bonchev–Trinajstić information content (AvgIpc) is 2.37. The van der Waals surface area contributed by atoms with Crippen molar-refractivity contribution in [3.05, 3.63) is 24.3 Å². The molecular formula is C11H16ClN5O3. The van der Waals surface area contributed by atoms with Gasteiger partial charge in [-0.05, 0) is 31.2 Å². The number of hydrogen-bond donors (Lipinski definition) is 4. The van der Waals surface area contributed by atoms with Crippen LogP contribution in [0.2, 0.25) is 0 Å². The van der Waals surface area contributed by atoms with Crippen molar-refractivity contribution in [1.82, 2.24) is 5.43 Å². The summed E-state index contributed by atoms with van der Waals surface area (Å²) in [5, 5.41) is 0. The quantitative estimate of drug-likeness (QED) is 0.204. The van der Waals surface area contributed by atoms with E-state index in [9.17, 15) is 9.59 Å². The van der Waals surface area contributed by atoms with Crippen molar-refractivity contribution in [3.8, 4) is 0 Å². The number of anilines is 1. The first-order chi connectivity index (χ1) is 9.02. The highest BCUT2D eigenvalue weighted by Crippen LogP contribution is 2.15. The summed E-state index contributed by atoms with van der Waals surface area (Å²) in [6.45, 7) is 1.75. The molecule has 0 atom stereocenters. The topological polar surface area (TPSA) is 132 Å². The Bertz CT molecular complexity index is 485. The lowest BCUT2D eigenvalue weighted by atomic mass is 10.3. The van der Waals surface area contributed by atoms with Crippen molar-refractivity contribution >= 4 is 41.6 Å². The minimum absolute atomic E-state index is 0. The number of aliphatic imine (C=N–C) groups is 1. The minimum Gasteiger partial charge on any atom is -0.459 e. The number of rotatable bonds is 4. The zero-order valence-electron chi connectivity index (χ0n) is 10.8. The fraction of sp³-hybridized carbons (Fsp3) is 0.182. The first-order valence-electron chi connectivity index (χ1n) is 5.45. The molecule has 0 heterocycles. The van der Waals surface area contributed by atoms with Gasteiger partial charge in [-0.25, -0.2) is 9.79 Å². The van der Waals surface area contributed by atoms with Crippen molar-refractivity contribution in [2.45, 2.75) is 6.92 Å². The van der Waals surface area contributed by atoms with Gasteiger partial charge in [0, 0.05) is 0 Å². The average molecular weight is 302 g/mol. The van der Waals surface area contributed by atoms with Crippen molar-refractivity contribution in [2.24, 2.45) is 16.5 Å². The van der Waals surface area contributed by atoms with Crippen molar-refractivity contribution in [1.29, 1.82) is 0 Å². The van der Waals surface area contributed by atoms with E-state index in [1.54, 1.807) is 31.2 Å². The monoisotopic (exact) mass is 301 g/mol. The van der Waals surface area contributed by atoms with Gasteiger partial charge in [0.25, 0.3) is 0 Å². The van der Waals surface area contributed by atoms with Gasteiger partial charge >= 0.3 is 11.9 Å². The minimum atomic E-state index is -0.952. The molecule has 9 heteroatoms. The molecule has 0 aliphatic heterocycles. The van der Waals surface area contributed by atoms with E-state index in [4.69, 9.17) is 11.5 Å². The van der Waals surface area contributed by atoms with Crippen LogP contribution in [0.1, 0.15) is 6.92 Å². The second kappa shape index (κ2) is 8.59. The molecule has 0 bridgehead atoms. The molecule has 0 spiro atoms. The van der Waals surface area contributed by atoms with E-state index >= 15 is 0 Å². The van der Waals surface area contributed by atoms with Crippen molar-refractivity contribution < 1.29 is 14.3 Å². The molecule has 0 fully saturated rings. The zero-order chi connectivity index (χ0) is 14.3. The molecule has 0 radical (unpaired) electrons. The zero-order valence-corrected chi connectivity index (χ0v) is 11.6. The van der Waals surface area contributed by atoms with E-state index < -0.39 is 11.9 Å². The molecule has 1 rings (SSSR count). The third-order valence-electron chi connectivity index (χ3n) is 1.91. The molecule has 110 valence electrons. The summed E-state index contributed by atoms with van der Waals surface area (Å²) in [7, 11) is 0. The third-order valence-corrected chi connectivity index (χ3v) is 1.91. The van der Waals surface area contributed by atoms with Crippen molar-refractivity contribution in [2.75, 3.05) is 12.0 Å². The number of benzene rings is 1. The van der Waals surface area contributed by atoms with E-state index in [1.165, 1.54) is 0 Å². The summed E-state index contributed by atoms with van der Waals surface area (Å²) in [6.07, 6.45) is 0. The Morgan fingerprint density at radius 3 is 2.35 bits per heavy atom. The number of nitrogens with one attached hydrogen (secondary N) is 2. The van der Waals surface area contributed by atoms with Crippen LogP contribution >= 0.6 is 12.4 Å². The SMILES string of the molecule is CCOC(=O)C(=O)NNc1ccc(N=C(N)N)cc1.Cl. The number of guanidine groups is 1. The number of halogens is 1. The van der Waals surface area contributed by atoms with Crippen LogP contribution in [0.15, 0.2) is 29.3 Å². The third kappa shape index (κ3) is 5.91. The number of carbonyl (C=O) groups is 2. The summed E-state index contributed by atoms with van der Waals surface area (Å²) in [5.41, 5.74) is 16.3. The molecule has 0 saturated carbocycles. The van der Waals surface area contributed by atoms with E-state index in [1.807, 2.05) is 0 Å². The summed E-state index contributed by atoms with van der Waals surface area (Å²) in [6, 6.07) is 6.54. The highest BCUT2D eigenvalue weighted by atomic mass is 35.5. The Morgan fingerprint density at radius 1 is 1.25 bits per heavy atom. The highest BCUT2D eigenvalue weighted by Gasteiger charge is 2.13. The van der Waals surface area contributed by atoms with Gasteiger partial charge < -0.3 is 16.2 Å². The highest BCUT2D eigenvalue weighted by molar-refractivity contribution is 6.32. The van der Waals surface area contributed by atoms with Crippen LogP contribution in [0.3, 0.4) is 0 Å². The first kappa shape index (κ1) is 17.5. The normalized spacial score (nSPS) is 8.85. The summed E-state index contributed by atoms with van der Waals surface area (Å²) in [4.78, 5) is 26.1. The van der Waals surface area contributed by atoms with Gasteiger partial charge in [-0.15, -0.1) is 12.4 Å². The molecule has 0 aromatic heterocycles. The van der Waals surface area contributed by atoms with Crippen LogP contribution in [-0.4, -0.2) is 24.4 Å². The standard InChI is InChI=1S/C11H15N5O3.ClH/c1-2-19-10(18)9(17)16-15-8-5-3-7(4-6-8)14-11(12)13;/h3-6,15H,2H2,1H3,(H,16,17)(H4,12,13,14);1H. The number of hydrogen-bond acceptors (Lipinski definition) is 5. The van der Waals surface area contributed by atoms with Crippen LogP contribution in [0.4, 0.5) is 11.4 Å². The second-order valence-electron chi connectivity index (χ2n) is 3.38. The van der Waals surface area contributed by atoms with Gasteiger partial charge in [-0.2, -0.15) is 0 Å². The van der Waals surface area contributed by atoms with Crippen LogP contribution in [-0.2, 0) is 14.3 Å². The van der Waals surface area contributed by atoms with Gasteiger partial charge in [-0.1, -0.05) is 0 Å². The maximum absolute atomic E-state index is 11.2. The maximum atomic E-state index is 11.2. The first-order valence-corrected chi connectivity index (χ1v) is 5.45. The number of hydrazine groups is 1. The summed E-state index contributed by atoms with van der Waals surface area (Å²) >= 11 is 0. The predicted octanol–water partition coefficient (Wildman–Crippen LogP) is 0.0195. The van der Waals surface area contributed by atoms with E-state index in [2.05, 4.69) is 20.6 Å². The van der Waals surface area contributed by atoms with Crippen molar-refractivity contribution in [3.63, 3.8) is 0 Å². The molecule has 8 nitrogen and oxygen atoms in total. The van der Waals surface area contributed by atoms with Crippen LogP contribution in [0, 0.1) is 0 Å². The lowest BCUT2D eigenvalue weighted by Gasteiger charge is -2.07. The van der Waals surface area contributed by atoms with Crippen LogP contribution in [0.25, 0.3) is 0 Å². The largest absolute Gasteiger partial charge is 0.459 e. The molecule has 6 N–H and O–H groups in total. The summed E-state index contributed by atoms with van der Waals surface area (Å²) in [5.74, 6) is -1.88. The molecule has 0 saturated heterocycles. The number of ether oxygens (including phenoxy) is 1. The van der Waals surface area contributed by atoms with E-state index in [0.717, 1.165) is 0 Å². The lowest BCUT2D eigenvalue weighted by molar-refractivity contribution is -0.154. The molecular weight excluding hydrogens is 286 g/mol.